The Balaban J connectivity index is 2.15. The first-order chi connectivity index (χ1) is 9.29. The van der Waals surface area contributed by atoms with Gasteiger partial charge in [0.15, 0.2) is 5.82 Å². The van der Waals surface area contributed by atoms with E-state index in [0.717, 1.165) is 36.6 Å². The largest absolute Gasteiger partial charge is 0.373 e. The molecule has 0 bridgehead atoms. The zero-order valence-corrected chi connectivity index (χ0v) is 10.7. The van der Waals surface area contributed by atoms with Crippen molar-refractivity contribution in [1.82, 2.24) is 15.3 Å². The molecule has 2 N–H and O–H groups in total. The predicted molar refractivity (Wildman–Crippen MR) is 72.4 cm³/mol. The van der Waals surface area contributed by atoms with Crippen molar-refractivity contribution in [3.05, 3.63) is 41.3 Å². The number of benzene rings is 1. The summed E-state index contributed by atoms with van der Waals surface area (Å²) in [4.78, 5) is 8.96. The summed E-state index contributed by atoms with van der Waals surface area (Å²) in [7, 11) is 1.82. The third kappa shape index (κ3) is 2.17. The van der Waals surface area contributed by atoms with E-state index in [2.05, 4.69) is 20.6 Å². The molecule has 3 rings (SSSR count). The summed E-state index contributed by atoms with van der Waals surface area (Å²) >= 11 is 0. The summed E-state index contributed by atoms with van der Waals surface area (Å²) in [5, 5.41) is 6.36. The lowest BCUT2D eigenvalue weighted by atomic mass is 10.1. The summed E-state index contributed by atoms with van der Waals surface area (Å²) in [6, 6.07) is 6.60. The lowest BCUT2D eigenvalue weighted by Gasteiger charge is -2.19. The quantitative estimate of drug-likeness (QED) is 0.864. The molecule has 0 saturated heterocycles. The van der Waals surface area contributed by atoms with Crippen LogP contribution in [0.1, 0.15) is 11.3 Å². The molecule has 0 fully saturated rings. The highest BCUT2D eigenvalue weighted by molar-refractivity contribution is 5.60. The second-order valence-electron chi connectivity index (χ2n) is 4.48. The van der Waals surface area contributed by atoms with Gasteiger partial charge in [-0.3, -0.25) is 0 Å². The van der Waals surface area contributed by atoms with Crippen molar-refractivity contribution >= 4 is 5.82 Å². The summed E-state index contributed by atoms with van der Waals surface area (Å²) < 4.78 is 13.8. The lowest BCUT2D eigenvalue weighted by Crippen LogP contribution is -2.26. The van der Waals surface area contributed by atoms with E-state index < -0.39 is 0 Å². The van der Waals surface area contributed by atoms with Gasteiger partial charge in [0.1, 0.15) is 11.6 Å². The smallest absolute Gasteiger partial charge is 0.164 e. The zero-order valence-electron chi connectivity index (χ0n) is 10.7. The van der Waals surface area contributed by atoms with Crippen molar-refractivity contribution < 1.29 is 4.39 Å². The monoisotopic (exact) mass is 258 g/mol. The summed E-state index contributed by atoms with van der Waals surface area (Å²) in [6.07, 6.45) is 0.841. The van der Waals surface area contributed by atoms with Crippen LogP contribution in [-0.4, -0.2) is 23.6 Å². The van der Waals surface area contributed by atoms with Gasteiger partial charge in [0.05, 0.1) is 11.3 Å². The van der Waals surface area contributed by atoms with E-state index in [1.165, 1.54) is 6.07 Å². The summed E-state index contributed by atoms with van der Waals surface area (Å²) in [6.45, 7) is 1.65. The van der Waals surface area contributed by atoms with Crippen molar-refractivity contribution in [2.45, 2.75) is 13.0 Å². The van der Waals surface area contributed by atoms with Gasteiger partial charge < -0.3 is 10.6 Å². The molecule has 0 unspecified atom stereocenters. The minimum atomic E-state index is -0.293. The number of rotatable bonds is 2. The first-order valence-corrected chi connectivity index (χ1v) is 6.32. The molecule has 2 aromatic rings. The van der Waals surface area contributed by atoms with Gasteiger partial charge in [0, 0.05) is 32.1 Å². The number of aromatic nitrogens is 2. The van der Waals surface area contributed by atoms with E-state index in [1.54, 1.807) is 18.2 Å². The molecule has 0 saturated carbocycles. The van der Waals surface area contributed by atoms with Crippen molar-refractivity contribution in [2.75, 3.05) is 18.9 Å². The van der Waals surface area contributed by atoms with E-state index in [4.69, 9.17) is 0 Å². The van der Waals surface area contributed by atoms with Crippen LogP contribution in [0.4, 0.5) is 10.2 Å². The SMILES string of the molecule is CNc1nc(-c2ccccc2F)nc2c1CNCC2. The molecule has 2 heterocycles. The number of nitrogens with one attached hydrogen (secondary N) is 2. The molecule has 0 radical (unpaired) electrons. The Kier molecular flexibility index (Phi) is 3.13. The Morgan fingerprint density at radius 1 is 1.26 bits per heavy atom. The molecule has 5 heteroatoms. The van der Waals surface area contributed by atoms with Gasteiger partial charge in [0.2, 0.25) is 0 Å². The Morgan fingerprint density at radius 2 is 2.11 bits per heavy atom. The fraction of sp³-hybridized carbons (Fsp3) is 0.286. The van der Waals surface area contributed by atoms with Crippen molar-refractivity contribution in [2.24, 2.45) is 0 Å². The first-order valence-electron chi connectivity index (χ1n) is 6.32. The van der Waals surface area contributed by atoms with Gasteiger partial charge >= 0.3 is 0 Å². The molecule has 19 heavy (non-hydrogen) atoms. The predicted octanol–water partition coefficient (Wildman–Crippen LogP) is 1.97. The van der Waals surface area contributed by atoms with Crippen LogP contribution in [0.3, 0.4) is 0 Å². The number of hydrogen-bond acceptors (Lipinski definition) is 4. The standard InChI is InChI=1S/C14H15FN4/c1-16-13-10-8-17-7-6-12(10)18-14(19-13)9-4-2-3-5-11(9)15/h2-5,17H,6-8H2,1H3,(H,16,18,19). The zero-order chi connectivity index (χ0) is 13.2. The van der Waals surface area contributed by atoms with Crippen molar-refractivity contribution in [1.29, 1.82) is 0 Å². The number of nitrogens with zero attached hydrogens (tertiary/aromatic N) is 2. The molecular weight excluding hydrogens is 243 g/mol. The van der Waals surface area contributed by atoms with Gasteiger partial charge in [-0.1, -0.05) is 12.1 Å². The minimum Gasteiger partial charge on any atom is -0.373 e. The average molecular weight is 258 g/mol. The highest BCUT2D eigenvalue weighted by Crippen LogP contribution is 2.25. The number of anilines is 1. The second kappa shape index (κ2) is 4.93. The van der Waals surface area contributed by atoms with Gasteiger partial charge in [0.25, 0.3) is 0 Å². The van der Waals surface area contributed by atoms with Crippen LogP contribution in [0, 0.1) is 5.82 Å². The van der Waals surface area contributed by atoms with Gasteiger partial charge in [-0.15, -0.1) is 0 Å². The Hall–Kier alpha value is -2.01. The van der Waals surface area contributed by atoms with E-state index in [0.29, 0.717) is 11.4 Å². The lowest BCUT2D eigenvalue weighted by molar-refractivity contribution is 0.621. The molecule has 0 aliphatic carbocycles. The maximum atomic E-state index is 13.8. The summed E-state index contributed by atoms with van der Waals surface area (Å²) in [5.41, 5.74) is 2.52. The molecule has 4 nitrogen and oxygen atoms in total. The number of halogens is 1. The topological polar surface area (TPSA) is 49.8 Å². The summed E-state index contributed by atoms with van der Waals surface area (Å²) in [5.74, 6) is 0.928. The van der Waals surface area contributed by atoms with Crippen LogP contribution in [0.25, 0.3) is 11.4 Å². The molecular formula is C14H15FN4. The Morgan fingerprint density at radius 3 is 2.89 bits per heavy atom. The van der Waals surface area contributed by atoms with Crippen LogP contribution in [0.15, 0.2) is 24.3 Å². The van der Waals surface area contributed by atoms with E-state index in [9.17, 15) is 4.39 Å². The molecule has 0 atom stereocenters. The third-order valence-electron chi connectivity index (χ3n) is 3.28. The van der Waals surface area contributed by atoms with Gasteiger partial charge in [-0.05, 0) is 12.1 Å². The fourth-order valence-corrected chi connectivity index (χ4v) is 2.31. The number of hydrogen-bond donors (Lipinski definition) is 2. The van der Waals surface area contributed by atoms with E-state index >= 15 is 0 Å². The molecule has 0 amide bonds. The highest BCUT2D eigenvalue weighted by atomic mass is 19.1. The van der Waals surface area contributed by atoms with Crippen LogP contribution in [-0.2, 0) is 13.0 Å². The molecule has 1 aromatic heterocycles. The second-order valence-corrected chi connectivity index (χ2v) is 4.48. The van der Waals surface area contributed by atoms with E-state index in [1.807, 2.05) is 7.05 Å². The van der Waals surface area contributed by atoms with Crippen molar-refractivity contribution in [3.63, 3.8) is 0 Å². The molecule has 1 aliphatic rings. The van der Waals surface area contributed by atoms with E-state index in [-0.39, 0.29) is 5.82 Å². The molecule has 0 spiro atoms. The highest BCUT2D eigenvalue weighted by Gasteiger charge is 2.18. The van der Waals surface area contributed by atoms with Crippen LogP contribution in [0.5, 0.6) is 0 Å². The maximum absolute atomic E-state index is 13.8. The van der Waals surface area contributed by atoms with Crippen LogP contribution >= 0.6 is 0 Å². The Bertz CT molecular complexity index is 595. The van der Waals surface area contributed by atoms with Crippen molar-refractivity contribution in [3.8, 4) is 11.4 Å². The average Bonchev–Trinajstić information content (AvgIpc) is 2.46. The van der Waals surface area contributed by atoms with Gasteiger partial charge in [-0.25, -0.2) is 14.4 Å². The third-order valence-corrected chi connectivity index (χ3v) is 3.28. The minimum absolute atomic E-state index is 0.293. The normalized spacial score (nSPS) is 14.0. The maximum Gasteiger partial charge on any atom is 0.164 e. The molecule has 1 aliphatic heterocycles. The van der Waals surface area contributed by atoms with Crippen LogP contribution in [0.2, 0.25) is 0 Å². The molecule has 98 valence electrons. The van der Waals surface area contributed by atoms with Crippen LogP contribution < -0.4 is 10.6 Å². The fourth-order valence-electron chi connectivity index (χ4n) is 2.31. The Labute approximate surface area is 111 Å². The molecule has 1 aromatic carbocycles. The number of fused-ring (bicyclic) bond motifs is 1. The van der Waals surface area contributed by atoms with Gasteiger partial charge in [-0.2, -0.15) is 0 Å². The first kappa shape index (κ1) is 12.0.